The van der Waals surface area contributed by atoms with Gasteiger partial charge in [-0.15, -0.1) is 0 Å². The summed E-state index contributed by atoms with van der Waals surface area (Å²) in [6.07, 6.45) is 110. The van der Waals surface area contributed by atoms with Crippen molar-refractivity contribution in [3.05, 3.63) is 109 Å². The fraction of sp³-hybridized carbons (Fsp3) is 0.753. The Labute approximate surface area is 535 Å². The fourth-order valence-corrected chi connectivity index (χ4v) is 11.0. The number of ether oxygens (including phenoxy) is 2. The summed E-state index contributed by atoms with van der Waals surface area (Å²) in [4.78, 5) is 24.7. The first-order valence-corrected chi connectivity index (χ1v) is 37.4. The van der Waals surface area contributed by atoms with E-state index in [0.717, 1.165) is 89.9 Å². The van der Waals surface area contributed by atoms with Gasteiger partial charge in [0.2, 0.25) is 0 Å². The lowest BCUT2D eigenvalue weighted by Crippen LogP contribution is -2.28. The molecule has 0 saturated heterocycles. The third-order valence-electron chi connectivity index (χ3n) is 16.6. The van der Waals surface area contributed by atoms with Crippen LogP contribution in [0, 0.1) is 0 Å². The summed E-state index contributed by atoms with van der Waals surface area (Å²) in [5.41, 5.74) is 0. The quantitative estimate of drug-likeness (QED) is 0.0373. The Kier molecular flexibility index (Phi) is 72.8. The minimum Gasteiger partial charge on any atom is -0.462 e. The normalized spacial score (nSPS) is 12.8. The molecule has 0 aromatic rings. The third-order valence-corrected chi connectivity index (χ3v) is 16.6. The van der Waals surface area contributed by atoms with Crippen LogP contribution in [0.15, 0.2) is 109 Å². The molecule has 0 fully saturated rings. The highest BCUT2D eigenvalue weighted by Gasteiger charge is 2.16. The van der Waals surface area contributed by atoms with Crippen molar-refractivity contribution in [3.63, 3.8) is 0 Å². The molecule has 86 heavy (non-hydrogen) atoms. The van der Waals surface area contributed by atoms with Crippen LogP contribution in [0.2, 0.25) is 0 Å². The second-order valence-electron chi connectivity index (χ2n) is 25.0. The van der Waals surface area contributed by atoms with E-state index in [0.29, 0.717) is 12.8 Å². The van der Waals surface area contributed by atoms with Crippen LogP contribution < -0.4 is 0 Å². The molecule has 496 valence electrons. The topological polar surface area (TPSA) is 72.8 Å². The minimum absolute atomic E-state index is 0.0675. The second-order valence-corrected chi connectivity index (χ2v) is 25.0. The molecule has 1 N–H and O–H groups in total. The van der Waals surface area contributed by atoms with E-state index in [-0.39, 0.29) is 25.2 Å². The Morgan fingerprint density at radius 3 is 0.756 bits per heavy atom. The van der Waals surface area contributed by atoms with Gasteiger partial charge in [0.1, 0.15) is 6.61 Å². The Balaban J connectivity index is 3.44. The van der Waals surface area contributed by atoms with E-state index in [9.17, 15) is 14.7 Å². The number of carbonyl (C=O) groups is 2. The van der Waals surface area contributed by atoms with Crippen molar-refractivity contribution in [2.24, 2.45) is 0 Å². The largest absolute Gasteiger partial charge is 0.462 e. The molecule has 0 bridgehead atoms. The Morgan fingerprint density at radius 2 is 0.500 bits per heavy atom. The Bertz CT molecular complexity index is 1640. The van der Waals surface area contributed by atoms with E-state index in [1.807, 2.05) is 0 Å². The van der Waals surface area contributed by atoms with E-state index < -0.39 is 6.10 Å². The number of aliphatic hydroxyl groups excluding tert-OH is 1. The van der Waals surface area contributed by atoms with Gasteiger partial charge in [0.15, 0.2) is 6.10 Å². The third kappa shape index (κ3) is 73.0. The molecule has 0 aromatic heterocycles. The van der Waals surface area contributed by atoms with Gasteiger partial charge in [0.05, 0.1) is 6.61 Å². The number of hydrogen-bond donors (Lipinski definition) is 1. The first-order chi connectivity index (χ1) is 42.6. The summed E-state index contributed by atoms with van der Waals surface area (Å²) in [5.74, 6) is -0.582. The summed E-state index contributed by atoms with van der Waals surface area (Å²) >= 11 is 0. The Hall–Kier alpha value is -3.44. The summed E-state index contributed by atoms with van der Waals surface area (Å²) < 4.78 is 10.8. The lowest BCUT2D eigenvalue weighted by Gasteiger charge is -2.15. The highest BCUT2D eigenvalue weighted by molar-refractivity contribution is 5.70. The van der Waals surface area contributed by atoms with Gasteiger partial charge in [0, 0.05) is 12.8 Å². The number of unbranched alkanes of at least 4 members (excludes halogenated alkanes) is 43. The van der Waals surface area contributed by atoms with Gasteiger partial charge in [-0.3, -0.25) is 9.59 Å². The molecule has 0 heterocycles. The van der Waals surface area contributed by atoms with Crippen LogP contribution in [0.4, 0.5) is 0 Å². The molecule has 0 rings (SSSR count). The molecule has 0 aliphatic rings. The van der Waals surface area contributed by atoms with Crippen LogP contribution in [-0.2, 0) is 19.1 Å². The number of allylic oxidation sites excluding steroid dienone is 18. The van der Waals surface area contributed by atoms with Gasteiger partial charge in [-0.25, -0.2) is 0 Å². The molecular weight excluding hydrogens is 1050 g/mol. The lowest BCUT2D eigenvalue weighted by atomic mass is 10.0. The monoisotopic (exact) mass is 1200 g/mol. The van der Waals surface area contributed by atoms with E-state index in [1.165, 1.54) is 257 Å². The molecule has 0 spiro atoms. The van der Waals surface area contributed by atoms with E-state index in [2.05, 4.69) is 123 Å². The zero-order chi connectivity index (χ0) is 61.9. The maximum absolute atomic E-state index is 12.4. The number of rotatable bonds is 69. The smallest absolute Gasteiger partial charge is 0.306 e. The highest BCUT2D eigenvalue weighted by atomic mass is 16.6. The zero-order valence-corrected chi connectivity index (χ0v) is 57.1. The van der Waals surface area contributed by atoms with Gasteiger partial charge in [-0.2, -0.15) is 0 Å². The lowest BCUT2D eigenvalue weighted by molar-refractivity contribution is -0.161. The maximum Gasteiger partial charge on any atom is 0.306 e. The molecule has 0 radical (unpaired) electrons. The molecular formula is C81H142O5. The van der Waals surface area contributed by atoms with Crippen molar-refractivity contribution in [3.8, 4) is 0 Å². The van der Waals surface area contributed by atoms with E-state index in [1.54, 1.807) is 0 Å². The zero-order valence-electron chi connectivity index (χ0n) is 57.1. The number of hydrogen-bond acceptors (Lipinski definition) is 5. The van der Waals surface area contributed by atoms with Gasteiger partial charge in [-0.05, 0) is 103 Å². The summed E-state index contributed by atoms with van der Waals surface area (Å²) in [7, 11) is 0. The second kappa shape index (κ2) is 75.8. The first kappa shape index (κ1) is 82.6. The van der Waals surface area contributed by atoms with Crippen molar-refractivity contribution in [1.82, 2.24) is 0 Å². The van der Waals surface area contributed by atoms with Crippen LogP contribution in [-0.4, -0.2) is 36.4 Å². The standard InChI is InChI=1S/C81H142O5/c1-3-5-7-9-11-13-15-17-19-21-23-25-27-29-31-33-35-37-38-39-40-41-42-44-45-47-49-51-53-55-57-59-61-63-65-67-69-71-73-75-80(83)85-78-79(77-82)86-81(84)76-74-72-70-68-66-64-62-60-58-56-54-52-50-48-46-43-36-34-32-30-28-26-24-22-20-18-16-14-12-10-8-6-4-2/h6,8,12,14-15,17-18,20-21,23-24,26,30,32,36,43,48,50,79,82H,3-5,7,9-11,13,16,19,22,25,27-29,31,33-35,37-42,44-47,49,51-78H2,1-2H3/b8-6-,14-12-,17-15-,20-18-,23-21-,26-24-,32-30-,43-36-,50-48-. The van der Waals surface area contributed by atoms with Gasteiger partial charge in [-0.1, -0.05) is 367 Å². The van der Waals surface area contributed by atoms with Crippen molar-refractivity contribution >= 4 is 11.9 Å². The SMILES string of the molecule is CC/C=C\C/C=C\C/C=C\C/C=C\C/C=C\C/C=C\C/C=C\CCCCCCCCCCCCCC(=O)OC(CO)COC(=O)CCCCCCCCCCCCCCCCCCCCCCCCCCCCC/C=C\C/C=C\CCCCCCC. The van der Waals surface area contributed by atoms with Crippen LogP contribution in [0.25, 0.3) is 0 Å². The molecule has 0 aliphatic heterocycles. The fourth-order valence-electron chi connectivity index (χ4n) is 11.0. The highest BCUT2D eigenvalue weighted by Crippen LogP contribution is 2.18. The van der Waals surface area contributed by atoms with Gasteiger partial charge in [0.25, 0.3) is 0 Å². The van der Waals surface area contributed by atoms with Crippen LogP contribution in [0.5, 0.6) is 0 Å². The molecule has 0 amide bonds. The summed E-state index contributed by atoms with van der Waals surface area (Å²) in [6, 6.07) is 0. The Morgan fingerprint density at radius 1 is 0.279 bits per heavy atom. The van der Waals surface area contributed by atoms with Crippen molar-refractivity contribution in [1.29, 1.82) is 0 Å². The summed E-state index contributed by atoms with van der Waals surface area (Å²) in [5, 5.41) is 9.72. The number of aliphatic hydroxyl groups is 1. The molecule has 5 nitrogen and oxygen atoms in total. The molecule has 0 aliphatic carbocycles. The average Bonchev–Trinajstić information content (AvgIpc) is 3.55. The van der Waals surface area contributed by atoms with Crippen LogP contribution in [0.3, 0.4) is 0 Å². The number of carbonyl (C=O) groups excluding carboxylic acids is 2. The van der Waals surface area contributed by atoms with Gasteiger partial charge >= 0.3 is 11.9 Å². The average molecular weight is 1200 g/mol. The molecule has 1 unspecified atom stereocenters. The van der Waals surface area contributed by atoms with Crippen molar-refractivity contribution in [2.45, 2.75) is 380 Å². The van der Waals surface area contributed by atoms with Crippen molar-refractivity contribution < 1.29 is 24.2 Å². The van der Waals surface area contributed by atoms with E-state index in [4.69, 9.17) is 9.47 Å². The molecule has 0 saturated carbocycles. The minimum atomic E-state index is -0.780. The predicted octanol–water partition coefficient (Wildman–Crippen LogP) is 26.3. The van der Waals surface area contributed by atoms with Crippen LogP contribution >= 0.6 is 0 Å². The van der Waals surface area contributed by atoms with E-state index >= 15 is 0 Å². The van der Waals surface area contributed by atoms with Crippen LogP contribution in [0.1, 0.15) is 373 Å². The first-order valence-electron chi connectivity index (χ1n) is 37.4. The maximum atomic E-state index is 12.4. The van der Waals surface area contributed by atoms with Gasteiger partial charge < -0.3 is 14.6 Å². The predicted molar refractivity (Wildman–Crippen MR) is 380 cm³/mol. The molecule has 0 aromatic carbocycles. The van der Waals surface area contributed by atoms with Crippen molar-refractivity contribution in [2.75, 3.05) is 13.2 Å². The summed E-state index contributed by atoms with van der Waals surface area (Å²) in [6.45, 7) is 4.05. The molecule has 5 heteroatoms. The number of esters is 2. The molecule has 1 atom stereocenters.